The highest BCUT2D eigenvalue weighted by Crippen LogP contribution is 2.32. The molecule has 200 valence electrons. The summed E-state index contributed by atoms with van der Waals surface area (Å²) in [5, 5.41) is 24.9. The number of non-ortho nitro benzene ring substituents is 1. The van der Waals surface area contributed by atoms with E-state index >= 15 is 0 Å². The molecule has 1 aromatic carbocycles. The van der Waals surface area contributed by atoms with Gasteiger partial charge in [0.25, 0.3) is 11.2 Å². The fourth-order valence-electron chi connectivity index (χ4n) is 4.00. The van der Waals surface area contributed by atoms with Crippen LogP contribution in [-0.2, 0) is 14.8 Å². The molecule has 16 heteroatoms. The van der Waals surface area contributed by atoms with Crippen molar-refractivity contribution in [2.45, 2.75) is 31.6 Å². The largest absolute Gasteiger partial charge is 0.494 e. The lowest BCUT2D eigenvalue weighted by atomic mass is 9.98. The third-order valence-electron chi connectivity index (χ3n) is 5.94. The van der Waals surface area contributed by atoms with Crippen LogP contribution in [0.1, 0.15) is 32.3 Å². The van der Waals surface area contributed by atoms with Crippen LogP contribution in [-0.4, -0.2) is 75.9 Å². The summed E-state index contributed by atoms with van der Waals surface area (Å²) in [5.41, 5.74) is -0.482. The minimum absolute atomic E-state index is 0.0797. The number of H-pyrrole nitrogens is 2. The molecule has 3 rings (SSSR count). The van der Waals surface area contributed by atoms with Gasteiger partial charge in [0.1, 0.15) is 10.5 Å². The Morgan fingerprint density at radius 3 is 2.65 bits per heavy atom. The van der Waals surface area contributed by atoms with Crippen LogP contribution in [0.15, 0.2) is 37.8 Å². The minimum Gasteiger partial charge on any atom is -0.494 e. The Labute approximate surface area is 211 Å². The Balaban J connectivity index is 1.95. The van der Waals surface area contributed by atoms with Gasteiger partial charge >= 0.3 is 5.69 Å². The highest BCUT2D eigenvalue weighted by Gasteiger charge is 2.36. The number of nitro groups is 1. The summed E-state index contributed by atoms with van der Waals surface area (Å²) in [7, 11) is -4.31. The number of amides is 1. The molecule has 1 saturated heterocycles. The van der Waals surface area contributed by atoms with Crippen LogP contribution in [0.5, 0.6) is 5.88 Å². The molecule has 0 saturated carbocycles. The number of nitro benzene ring substituents is 1. The van der Waals surface area contributed by atoms with E-state index in [-0.39, 0.29) is 24.7 Å². The van der Waals surface area contributed by atoms with Crippen molar-refractivity contribution >= 4 is 33.5 Å². The van der Waals surface area contributed by atoms with Crippen LogP contribution in [0.25, 0.3) is 0 Å². The van der Waals surface area contributed by atoms with Crippen molar-refractivity contribution in [3.8, 4) is 5.88 Å². The number of sulfonamides is 1. The summed E-state index contributed by atoms with van der Waals surface area (Å²) in [5.74, 6) is -1.46. The van der Waals surface area contributed by atoms with Crippen molar-refractivity contribution < 1.29 is 23.2 Å². The standard InChI is InChI=1S/C21H27N7O8S/c1-3-26(4-2)20(31)13-6-5-9-27(12-13)37(35,36)17-10-14(28(33)34)7-8-16(17)25-22-11-15-18(29)23-21(32)24-19(15)30/h7-8,10-11,13,25H,3-6,9,12H2,1-2H3,(H3,23,24,29,30,32)/t13-/m0/s1. The Morgan fingerprint density at radius 1 is 1.32 bits per heavy atom. The molecule has 2 aromatic rings. The molecule has 15 nitrogen and oxygen atoms in total. The lowest BCUT2D eigenvalue weighted by molar-refractivity contribution is -0.385. The van der Waals surface area contributed by atoms with Crippen LogP contribution in [0, 0.1) is 16.0 Å². The molecule has 0 unspecified atom stereocenters. The Bertz CT molecular complexity index is 1430. The number of nitrogens with zero attached hydrogens (tertiary/aromatic N) is 4. The molecule has 0 radical (unpaired) electrons. The average molecular weight is 538 g/mol. The van der Waals surface area contributed by atoms with Crippen LogP contribution < -0.4 is 16.7 Å². The SMILES string of the molecule is CCN(CC)C(=O)[C@H]1CCCN(S(=O)(=O)c2cc([N+](=O)[O-])ccc2NN=Cc2c(O)[nH]c(=O)[nH]c2=O)C1. The molecule has 1 amide bonds. The molecule has 0 aliphatic carbocycles. The first-order valence-corrected chi connectivity index (χ1v) is 12.9. The van der Waals surface area contributed by atoms with E-state index < -0.39 is 54.1 Å². The van der Waals surface area contributed by atoms with Crippen molar-refractivity contribution in [3.63, 3.8) is 0 Å². The number of benzene rings is 1. The number of carbonyl (C=O) groups is 1. The molecule has 37 heavy (non-hydrogen) atoms. The molecule has 1 atom stereocenters. The number of hydrogen-bond donors (Lipinski definition) is 4. The summed E-state index contributed by atoms with van der Waals surface area (Å²) in [4.78, 5) is 51.6. The number of piperidine rings is 1. The van der Waals surface area contributed by atoms with E-state index in [1.807, 2.05) is 23.8 Å². The van der Waals surface area contributed by atoms with Gasteiger partial charge in [-0.3, -0.25) is 35.1 Å². The van der Waals surface area contributed by atoms with Gasteiger partial charge in [-0.1, -0.05) is 0 Å². The Kier molecular flexibility index (Phi) is 8.44. The first kappa shape index (κ1) is 27.5. The first-order valence-electron chi connectivity index (χ1n) is 11.4. The van der Waals surface area contributed by atoms with E-state index in [4.69, 9.17) is 0 Å². The number of aromatic amines is 2. The molecule has 0 spiro atoms. The quantitative estimate of drug-likeness (QED) is 0.198. The summed E-state index contributed by atoms with van der Waals surface area (Å²) in [6.07, 6.45) is 1.80. The predicted octanol–water partition coefficient (Wildman–Crippen LogP) is 0.392. The number of nitrogens with one attached hydrogen (secondary N) is 3. The van der Waals surface area contributed by atoms with Gasteiger partial charge in [0.2, 0.25) is 21.8 Å². The smallest absolute Gasteiger partial charge is 0.328 e. The Hall–Kier alpha value is -4.05. The Morgan fingerprint density at radius 2 is 2.03 bits per heavy atom. The summed E-state index contributed by atoms with van der Waals surface area (Å²) in [6, 6.07) is 3.10. The maximum Gasteiger partial charge on any atom is 0.328 e. The number of hydrazone groups is 1. The van der Waals surface area contributed by atoms with E-state index in [9.17, 15) is 38.0 Å². The van der Waals surface area contributed by atoms with Crippen molar-refractivity contribution in [2.75, 3.05) is 31.6 Å². The van der Waals surface area contributed by atoms with Crippen LogP contribution in [0.2, 0.25) is 0 Å². The first-order chi connectivity index (χ1) is 17.5. The van der Waals surface area contributed by atoms with Crippen molar-refractivity contribution in [1.82, 2.24) is 19.2 Å². The second kappa shape index (κ2) is 11.3. The lowest BCUT2D eigenvalue weighted by Crippen LogP contribution is -2.46. The maximum atomic E-state index is 13.6. The van der Waals surface area contributed by atoms with Crippen molar-refractivity contribution in [2.24, 2.45) is 11.0 Å². The number of anilines is 1. The molecule has 1 aliphatic rings. The number of aromatic nitrogens is 2. The van der Waals surface area contributed by atoms with E-state index in [1.165, 1.54) is 0 Å². The monoisotopic (exact) mass is 537 g/mol. The van der Waals surface area contributed by atoms with Crippen molar-refractivity contribution in [3.05, 3.63) is 54.7 Å². The van der Waals surface area contributed by atoms with Gasteiger partial charge in [-0.2, -0.15) is 9.41 Å². The van der Waals surface area contributed by atoms with Gasteiger partial charge in [-0.05, 0) is 32.8 Å². The zero-order valence-electron chi connectivity index (χ0n) is 20.1. The molecular formula is C21H27N7O8S. The highest BCUT2D eigenvalue weighted by atomic mass is 32.2. The number of rotatable bonds is 9. The molecular weight excluding hydrogens is 510 g/mol. The summed E-state index contributed by atoms with van der Waals surface area (Å²) in [6.45, 7) is 4.69. The summed E-state index contributed by atoms with van der Waals surface area (Å²) >= 11 is 0. The molecule has 1 aromatic heterocycles. The molecule has 4 N–H and O–H groups in total. The van der Waals surface area contributed by atoms with Crippen LogP contribution in [0.4, 0.5) is 11.4 Å². The predicted molar refractivity (Wildman–Crippen MR) is 133 cm³/mol. The van der Waals surface area contributed by atoms with E-state index in [2.05, 4.69) is 10.5 Å². The van der Waals surface area contributed by atoms with Crippen LogP contribution >= 0.6 is 0 Å². The third kappa shape index (κ3) is 6.03. The number of hydrogen-bond acceptors (Lipinski definition) is 10. The normalized spacial score (nSPS) is 16.5. The maximum absolute atomic E-state index is 13.6. The number of aromatic hydroxyl groups is 1. The fourth-order valence-corrected chi connectivity index (χ4v) is 5.68. The average Bonchev–Trinajstić information content (AvgIpc) is 2.86. The van der Waals surface area contributed by atoms with E-state index in [0.717, 1.165) is 28.7 Å². The zero-order valence-corrected chi connectivity index (χ0v) is 20.9. The van der Waals surface area contributed by atoms with Crippen LogP contribution in [0.3, 0.4) is 0 Å². The fraction of sp³-hybridized carbons (Fsp3) is 0.429. The van der Waals surface area contributed by atoms with Gasteiger partial charge < -0.3 is 10.0 Å². The van der Waals surface area contributed by atoms with E-state index in [1.54, 1.807) is 4.90 Å². The van der Waals surface area contributed by atoms with Gasteiger partial charge in [-0.15, -0.1) is 0 Å². The van der Waals surface area contributed by atoms with Gasteiger partial charge in [0.05, 0.1) is 22.7 Å². The third-order valence-corrected chi connectivity index (χ3v) is 7.84. The minimum atomic E-state index is -4.31. The zero-order chi connectivity index (χ0) is 27.3. The van der Waals surface area contributed by atoms with Crippen molar-refractivity contribution in [1.29, 1.82) is 0 Å². The molecule has 1 fully saturated rings. The second-order valence-electron chi connectivity index (χ2n) is 8.19. The highest BCUT2D eigenvalue weighted by molar-refractivity contribution is 7.89. The second-order valence-corrected chi connectivity index (χ2v) is 10.1. The molecule has 1 aliphatic heterocycles. The topological polar surface area (TPSA) is 211 Å². The van der Waals surface area contributed by atoms with E-state index in [0.29, 0.717) is 25.9 Å². The van der Waals surface area contributed by atoms with Gasteiger partial charge in [0.15, 0.2) is 0 Å². The molecule has 2 heterocycles. The van der Waals surface area contributed by atoms with Gasteiger partial charge in [-0.25, -0.2) is 13.2 Å². The lowest BCUT2D eigenvalue weighted by Gasteiger charge is -2.34. The number of carbonyl (C=O) groups excluding carboxylic acids is 1. The molecule has 0 bridgehead atoms. The van der Waals surface area contributed by atoms with Gasteiger partial charge in [0, 0.05) is 38.3 Å². The summed E-state index contributed by atoms with van der Waals surface area (Å²) < 4.78 is 28.3.